The van der Waals surface area contributed by atoms with E-state index in [9.17, 15) is 14.3 Å². The Bertz CT molecular complexity index is 1870. The average molecular weight is 520 g/mol. The number of pyridine rings is 3. The number of phenolic OH excluding ortho intramolecular Hbond substituents is 1. The first-order valence-corrected chi connectivity index (χ1v) is 12.6. The minimum absolute atomic E-state index is 0.0295. The lowest BCUT2D eigenvalue weighted by Crippen LogP contribution is -2.28. The number of H-pyrrole nitrogens is 2. The van der Waals surface area contributed by atoms with Crippen LogP contribution in [0.3, 0.4) is 0 Å². The number of aromatic nitrogens is 6. The lowest BCUT2D eigenvalue weighted by molar-refractivity contribution is -0.122. The maximum absolute atomic E-state index is 14.0. The van der Waals surface area contributed by atoms with E-state index in [1.54, 1.807) is 24.8 Å². The highest BCUT2D eigenvalue weighted by Crippen LogP contribution is 2.35. The molecule has 1 amide bonds. The predicted octanol–water partition coefficient (Wildman–Crippen LogP) is 5.81. The standard InChI is InChI=1S/C29H22FN7O2/c30-18-6-16(8-20(38)9-18)22-13-32-14-26-21(22)10-25(34-26)28-27-24(36-37-28)5-4-23(35-27)17-7-19(12-31-11-17)33-29(39)15-2-1-3-15/h4-15,34,38H,1-3H2,(H,33,39)(H,36,37). The van der Waals surface area contributed by atoms with E-state index in [0.717, 1.165) is 47.3 Å². The zero-order valence-electron chi connectivity index (χ0n) is 20.6. The summed E-state index contributed by atoms with van der Waals surface area (Å²) in [4.78, 5) is 29.2. The number of carbonyl (C=O) groups is 1. The van der Waals surface area contributed by atoms with Gasteiger partial charge >= 0.3 is 0 Å². The third-order valence-corrected chi connectivity index (χ3v) is 7.18. The van der Waals surface area contributed by atoms with Crippen molar-refractivity contribution < 1.29 is 14.3 Å². The molecule has 1 aliphatic carbocycles. The largest absolute Gasteiger partial charge is 0.508 e. The number of rotatable bonds is 5. The number of halogens is 1. The van der Waals surface area contributed by atoms with Crippen LogP contribution >= 0.6 is 0 Å². The molecule has 4 N–H and O–H groups in total. The van der Waals surface area contributed by atoms with Gasteiger partial charge in [0, 0.05) is 40.9 Å². The number of fused-ring (bicyclic) bond motifs is 2. The molecule has 1 fully saturated rings. The van der Waals surface area contributed by atoms with E-state index in [4.69, 9.17) is 4.98 Å². The Balaban J connectivity index is 1.27. The number of aromatic hydroxyl groups is 1. The normalized spacial score (nSPS) is 13.6. The molecule has 1 aromatic carbocycles. The van der Waals surface area contributed by atoms with Gasteiger partial charge in [0.1, 0.15) is 22.8 Å². The smallest absolute Gasteiger partial charge is 0.227 e. The van der Waals surface area contributed by atoms with Crippen LogP contribution in [-0.2, 0) is 4.79 Å². The summed E-state index contributed by atoms with van der Waals surface area (Å²) in [7, 11) is 0. The van der Waals surface area contributed by atoms with Gasteiger partial charge in [0.25, 0.3) is 0 Å². The van der Waals surface area contributed by atoms with Crippen molar-refractivity contribution in [1.82, 2.24) is 30.1 Å². The van der Waals surface area contributed by atoms with E-state index in [2.05, 4.69) is 30.5 Å². The molecular formula is C29H22FN7O2. The van der Waals surface area contributed by atoms with E-state index in [0.29, 0.717) is 39.4 Å². The first kappa shape index (κ1) is 23.0. The number of hydrogen-bond acceptors (Lipinski definition) is 6. The monoisotopic (exact) mass is 519 g/mol. The number of phenols is 1. The Morgan fingerprint density at radius 2 is 1.85 bits per heavy atom. The van der Waals surface area contributed by atoms with Crippen molar-refractivity contribution in [3.05, 3.63) is 73.1 Å². The molecule has 0 bridgehead atoms. The molecule has 0 spiro atoms. The highest BCUT2D eigenvalue weighted by molar-refractivity contribution is 6.00. The lowest BCUT2D eigenvalue weighted by atomic mass is 9.85. The third-order valence-electron chi connectivity index (χ3n) is 7.18. The summed E-state index contributed by atoms with van der Waals surface area (Å²) in [5, 5.41) is 21.2. The van der Waals surface area contributed by atoms with Gasteiger partial charge in [-0.3, -0.25) is 19.9 Å². The summed E-state index contributed by atoms with van der Waals surface area (Å²) in [6.07, 6.45) is 9.61. The highest BCUT2D eigenvalue weighted by Gasteiger charge is 2.25. The van der Waals surface area contributed by atoms with Gasteiger partial charge in [0.2, 0.25) is 5.91 Å². The van der Waals surface area contributed by atoms with Crippen LogP contribution in [0.15, 0.2) is 67.3 Å². The second-order valence-corrected chi connectivity index (χ2v) is 9.77. The summed E-state index contributed by atoms with van der Waals surface area (Å²) in [6.45, 7) is 0. The summed E-state index contributed by atoms with van der Waals surface area (Å²) >= 11 is 0. The molecule has 0 radical (unpaired) electrons. The Labute approximate surface area is 221 Å². The van der Waals surface area contributed by atoms with Crippen molar-refractivity contribution in [2.75, 3.05) is 5.32 Å². The van der Waals surface area contributed by atoms with Crippen molar-refractivity contribution in [1.29, 1.82) is 0 Å². The van der Waals surface area contributed by atoms with Crippen molar-refractivity contribution in [3.63, 3.8) is 0 Å². The van der Waals surface area contributed by atoms with E-state index >= 15 is 0 Å². The summed E-state index contributed by atoms with van der Waals surface area (Å²) in [5.74, 6) is -0.583. The van der Waals surface area contributed by atoms with Crippen molar-refractivity contribution in [3.8, 4) is 39.5 Å². The molecule has 5 aromatic heterocycles. The molecule has 0 atom stereocenters. The predicted molar refractivity (Wildman–Crippen MR) is 145 cm³/mol. The number of amides is 1. The Morgan fingerprint density at radius 1 is 0.974 bits per heavy atom. The first-order valence-electron chi connectivity index (χ1n) is 12.6. The van der Waals surface area contributed by atoms with Crippen molar-refractivity contribution in [2.45, 2.75) is 19.3 Å². The minimum Gasteiger partial charge on any atom is -0.508 e. The Hall–Kier alpha value is -5.12. The fraction of sp³-hybridized carbons (Fsp3) is 0.138. The van der Waals surface area contributed by atoms with E-state index in [-0.39, 0.29) is 17.6 Å². The molecule has 0 unspecified atom stereocenters. The van der Waals surface area contributed by atoms with Crippen LogP contribution in [-0.4, -0.2) is 41.1 Å². The van der Waals surface area contributed by atoms with Gasteiger partial charge < -0.3 is 15.4 Å². The van der Waals surface area contributed by atoms with Gasteiger partial charge in [-0.25, -0.2) is 9.37 Å². The van der Waals surface area contributed by atoms with Crippen molar-refractivity contribution >= 4 is 33.5 Å². The lowest BCUT2D eigenvalue weighted by Gasteiger charge is -2.24. The minimum atomic E-state index is -0.533. The SMILES string of the molecule is O=C(Nc1cncc(-c2ccc3[nH]nc(-c4cc5c(-c6cc(O)cc(F)c6)cncc5[nH]4)c3n2)c1)C1CCC1. The van der Waals surface area contributed by atoms with Crippen LogP contribution < -0.4 is 5.32 Å². The van der Waals surface area contributed by atoms with Gasteiger partial charge in [-0.15, -0.1) is 0 Å². The van der Waals surface area contributed by atoms with E-state index in [1.165, 1.54) is 12.1 Å². The summed E-state index contributed by atoms with van der Waals surface area (Å²) in [5.41, 5.74) is 6.73. The third kappa shape index (κ3) is 4.15. The molecule has 5 heterocycles. The maximum Gasteiger partial charge on any atom is 0.227 e. The van der Waals surface area contributed by atoms with Crippen LogP contribution in [0.2, 0.25) is 0 Å². The second-order valence-electron chi connectivity index (χ2n) is 9.77. The highest BCUT2D eigenvalue weighted by atomic mass is 19.1. The first-order chi connectivity index (χ1) is 19.0. The Morgan fingerprint density at radius 3 is 2.67 bits per heavy atom. The van der Waals surface area contributed by atoms with Gasteiger partial charge in [-0.05, 0) is 54.8 Å². The second kappa shape index (κ2) is 9.02. The van der Waals surface area contributed by atoms with Gasteiger partial charge in [0.15, 0.2) is 0 Å². The number of nitrogens with one attached hydrogen (secondary N) is 3. The molecule has 7 rings (SSSR count). The molecule has 10 heteroatoms. The molecule has 39 heavy (non-hydrogen) atoms. The molecule has 1 saturated carbocycles. The van der Waals surface area contributed by atoms with Crippen LogP contribution in [0.1, 0.15) is 19.3 Å². The zero-order valence-corrected chi connectivity index (χ0v) is 20.6. The van der Waals surface area contributed by atoms with Gasteiger partial charge in [0.05, 0.1) is 40.5 Å². The number of nitrogens with zero attached hydrogens (tertiary/aromatic N) is 4. The topological polar surface area (TPSA) is 132 Å². The van der Waals surface area contributed by atoms with Crippen LogP contribution in [0, 0.1) is 11.7 Å². The van der Waals surface area contributed by atoms with E-state index in [1.807, 2.05) is 24.3 Å². The number of benzene rings is 1. The Kier molecular flexibility index (Phi) is 5.32. The number of hydrogen-bond donors (Lipinski definition) is 4. The summed E-state index contributed by atoms with van der Waals surface area (Å²) in [6, 6.07) is 11.5. The molecule has 192 valence electrons. The fourth-order valence-electron chi connectivity index (χ4n) is 4.95. The quantitative estimate of drug-likeness (QED) is 0.227. The molecule has 6 aromatic rings. The zero-order chi connectivity index (χ0) is 26.5. The molecule has 1 aliphatic rings. The van der Waals surface area contributed by atoms with Crippen LogP contribution in [0.5, 0.6) is 5.75 Å². The summed E-state index contributed by atoms with van der Waals surface area (Å²) < 4.78 is 14.0. The fourth-order valence-corrected chi connectivity index (χ4v) is 4.95. The van der Waals surface area contributed by atoms with Gasteiger partial charge in [-0.1, -0.05) is 6.42 Å². The number of carbonyl (C=O) groups excluding carboxylic acids is 1. The van der Waals surface area contributed by atoms with Gasteiger partial charge in [-0.2, -0.15) is 5.10 Å². The molecule has 0 aliphatic heterocycles. The molecular weight excluding hydrogens is 497 g/mol. The van der Waals surface area contributed by atoms with Crippen molar-refractivity contribution in [2.24, 2.45) is 5.92 Å². The number of anilines is 1. The molecule has 0 saturated heterocycles. The average Bonchev–Trinajstić information content (AvgIpc) is 3.50. The van der Waals surface area contributed by atoms with Crippen LogP contribution in [0.4, 0.5) is 10.1 Å². The maximum atomic E-state index is 14.0. The van der Waals surface area contributed by atoms with Crippen LogP contribution in [0.25, 0.3) is 55.7 Å². The van der Waals surface area contributed by atoms with E-state index < -0.39 is 5.82 Å². The number of aromatic amines is 2. The molecule has 9 nitrogen and oxygen atoms in total.